The molecule has 0 saturated carbocycles. The first kappa shape index (κ1) is 19.4. The molecule has 146 valence electrons. The van der Waals surface area contributed by atoms with Crippen LogP contribution in [0.4, 0.5) is 0 Å². The van der Waals surface area contributed by atoms with E-state index in [0.717, 1.165) is 63.9 Å². The summed E-state index contributed by atoms with van der Waals surface area (Å²) in [6.07, 6.45) is 2.73. The Labute approximate surface area is 162 Å². The number of rotatable bonds is 7. The van der Waals surface area contributed by atoms with E-state index in [4.69, 9.17) is 9.52 Å². The van der Waals surface area contributed by atoms with Gasteiger partial charge in [-0.25, -0.2) is 0 Å². The van der Waals surface area contributed by atoms with Gasteiger partial charge in [0.15, 0.2) is 5.96 Å². The highest BCUT2D eigenvalue weighted by atomic mass is 16.5. The van der Waals surface area contributed by atoms with E-state index in [9.17, 15) is 0 Å². The summed E-state index contributed by atoms with van der Waals surface area (Å²) in [4.78, 5) is 9.76. The second-order valence-electron chi connectivity index (χ2n) is 6.96. The Bertz CT molecular complexity index is 678. The minimum atomic E-state index is 0.466. The van der Waals surface area contributed by atoms with Crippen molar-refractivity contribution in [2.45, 2.75) is 32.7 Å². The van der Waals surface area contributed by atoms with Gasteiger partial charge in [-0.3, -0.25) is 9.89 Å². The number of aromatic nitrogens is 1. The van der Waals surface area contributed by atoms with Crippen molar-refractivity contribution in [1.82, 2.24) is 20.3 Å². The molecule has 6 heteroatoms. The van der Waals surface area contributed by atoms with Crippen LogP contribution in [-0.2, 0) is 6.54 Å². The van der Waals surface area contributed by atoms with E-state index in [1.54, 1.807) is 6.26 Å². The maximum atomic E-state index is 4.97. The number of nitrogens with one attached hydrogen (secondary N) is 1. The van der Waals surface area contributed by atoms with Gasteiger partial charge in [0.25, 0.3) is 0 Å². The monoisotopic (exact) mass is 369 g/mol. The lowest BCUT2D eigenvalue weighted by molar-refractivity contribution is 0.169. The molecule has 1 N–H and O–H groups in total. The lowest BCUT2D eigenvalue weighted by Gasteiger charge is -2.36. The number of hydrogen-bond acceptors (Lipinski definition) is 4. The van der Waals surface area contributed by atoms with Gasteiger partial charge in [-0.1, -0.05) is 42.4 Å². The van der Waals surface area contributed by atoms with E-state index in [1.165, 1.54) is 5.56 Å². The zero-order valence-corrected chi connectivity index (χ0v) is 16.5. The molecule has 1 atom stereocenters. The van der Waals surface area contributed by atoms with Gasteiger partial charge in [-0.05, 0) is 18.9 Å². The van der Waals surface area contributed by atoms with Gasteiger partial charge in [-0.2, -0.15) is 0 Å². The maximum absolute atomic E-state index is 4.97. The van der Waals surface area contributed by atoms with E-state index in [1.807, 2.05) is 6.07 Å². The molecule has 2 heterocycles. The van der Waals surface area contributed by atoms with Crippen LogP contribution in [-0.4, -0.2) is 60.2 Å². The summed E-state index contributed by atoms with van der Waals surface area (Å²) in [7, 11) is 0. The lowest BCUT2D eigenvalue weighted by Crippen LogP contribution is -2.52. The van der Waals surface area contributed by atoms with Crippen molar-refractivity contribution in [1.29, 1.82) is 0 Å². The summed E-state index contributed by atoms with van der Waals surface area (Å²) < 4.78 is 4.93. The summed E-state index contributed by atoms with van der Waals surface area (Å²) >= 11 is 0. The third-order valence-corrected chi connectivity index (χ3v) is 5.11. The van der Waals surface area contributed by atoms with E-state index in [0.29, 0.717) is 5.92 Å². The molecular weight excluding hydrogens is 338 g/mol. The van der Waals surface area contributed by atoms with Gasteiger partial charge < -0.3 is 14.7 Å². The molecule has 3 rings (SSSR count). The highest BCUT2D eigenvalue weighted by molar-refractivity contribution is 5.80. The van der Waals surface area contributed by atoms with Crippen LogP contribution < -0.4 is 5.32 Å². The Morgan fingerprint density at radius 2 is 1.93 bits per heavy atom. The molecule has 2 aromatic rings. The topological polar surface area (TPSA) is 56.9 Å². The molecule has 1 aromatic heterocycles. The molecule has 1 aliphatic heterocycles. The second kappa shape index (κ2) is 10.1. The van der Waals surface area contributed by atoms with Crippen LogP contribution in [0.1, 0.15) is 37.4 Å². The highest BCUT2D eigenvalue weighted by Crippen LogP contribution is 2.19. The first-order chi connectivity index (χ1) is 13.3. The molecule has 6 nitrogen and oxygen atoms in total. The number of hydrogen-bond donors (Lipinski definition) is 1. The molecule has 0 spiro atoms. The fourth-order valence-corrected chi connectivity index (χ4v) is 3.48. The Hall–Kier alpha value is -2.34. The van der Waals surface area contributed by atoms with Gasteiger partial charge in [0.2, 0.25) is 0 Å². The van der Waals surface area contributed by atoms with E-state index < -0.39 is 0 Å². The first-order valence-corrected chi connectivity index (χ1v) is 10.00. The van der Waals surface area contributed by atoms with Crippen LogP contribution >= 0.6 is 0 Å². The SMILES string of the molecule is CCNC(=NCC(CC)c1ccccc1)N1CCN(Cc2ccon2)CC1. The van der Waals surface area contributed by atoms with Crippen molar-refractivity contribution in [2.24, 2.45) is 4.99 Å². The Morgan fingerprint density at radius 1 is 1.15 bits per heavy atom. The molecule has 0 aliphatic carbocycles. The van der Waals surface area contributed by atoms with Gasteiger partial charge in [0.1, 0.15) is 6.26 Å². The molecule has 0 radical (unpaired) electrons. The fourth-order valence-electron chi connectivity index (χ4n) is 3.48. The third-order valence-electron chi connectivity index (χ3n) is 5.11. The van der Waals surface area contributed by atoms with Crippen molar-refractivity contribution in [3.05, 3.63) is 53.9 Å². The summed E-state index contributed by atoms with van der Waals surface area (Å²) in [6, 6.07) is 12.6. The molecular formula is C21H31N5O. The zero-order chi connectivity index (χ0) is 18.9. The van der Waals surface area contributed by atoms with Crippen LogP contribution in [0.25, 0.3) is 0 Å². The van der Waals surface area contributed by atoms with Crippen LogP contribution in [0.2, 0.25) is 0 Å². The first-order valence-electron chi connectivity index (χ1n) is 10.00. The minimum Gasteiger partial charge on any atom is -0.364 e. The predicted molar refractivity (Wildman–Crippen MR) is 109 cm³/mol. The maximum Gasteiger partial charge on any atom is 0.194 e. The third kappa shape index (κ3) is 5.57. The number of benzene rings is 1. The van der Waals surface area contributed by atoms with Crippen molar-refractivity contribution in [3.63, 3.8) is 0 Å². The molecule has 1 unspecified atom stereocenters. The van der Waals surface area contributed by atoms with Crippen molar-refractivity contribution in [3.8, 4) is 0 Å². The molecule has 0 bridgehead atoms. The largest absolute Gasteiger partial charge is 0.364 e. The van der Waals surface area contributed by atoms with Crippen LogP contribution in [0.3, 0.4) is 0 Å². The average Bonchev–Trinajstić information content (AvgIpc) is 3.22. The van der Waals surface area contributed by atoms with Crippen LogP contribution in [0.15, 0.2) is 52.2 Å². The Kier molecular flexibility index (Phi) is 7.27. The van der Waals surface area contributed by atoms with Crippen molar-refractivity contribution in [2.75, 3.05) is 39.3 Å². The fraction of sp³-hybridized carbons (Fsp3) is 0.524. The molecule has 0 amide bonds. The number of aliphatic imine (C=N–C) groups is 1. The normalized spacial score (nSPS) is 17.1. The summed E-state index contributed by atoms with van der Waals surface area (Å²) in [5, 5.41) is 7.49. The molecule has 1 aliphatic rings. The van der Waals surface area contributed by atoms with Gasteiger partial charge >= 0.3 is 0 Å². The molecule has 1 aromatic carbocycles. The second-order valence-corrected chi connectivity index (χ2v) is 6.96. The zero-order valence-electron chi connectivity index (χ0n) is 16.5. The van der Waals surface area contributed by atoms with Gasteiger partial charge in [0, 0.05) is 57.8 Å². The van der Waals surface area contributed by atoms with Gasteiger partial charge in [-0.15, -0.1) is 0 Å². The van der Waals surface area contributed by atoms with E-state index in [2.05, 4.69) is 64.5 Å². The number of guanidine groups is 1. The summed E-state index contributed by atoms with van der Waals surface area (Å²) in [5.41, 5.74) is 2.37. The van der Waals surface area contributed by atoms with Crippen molar-refractivity contribution < 1.29 is 4.52 Å². The standard InChI is InChI=1S/C21H31N5O/c1-3-18(19-8-6-5-7-9-19)16-23-21(22-4-2)26-13-11-25(12-14-26)17-20-10-15-27-24-20/h5-10,15,18H,3-4,11-14,16-17H2,1-2H3,(H,22,23). The quantitative estimate of drug-likeness (QED) is 0.601. The van der Waals surface area contributed by atoms with Gasteiger partial charge in [0.05, 0.1) is 5.69 Å². The van der Waals surface area contributed by atoms with E-state index >= 15 is 0 Å². The smallest absolute Gasteiger partial charge is 0.194 e. The van der Waals surface area contributed by atoms with E-state index in [-0.39, 0.29) is 0 Å². The minimum absolute atomic E-state index is 0.466. The molecule has 1 saturated heterocycles. The Balaban J connectivity index is 1.57. The highest BCUT2D eigenvalue weighted by Gasteiger charge is 2.20. The predicted octanol–water partition coefficient (Wildman–Crippen LogP) is 2.95. The number of nitrogens with zero attached hydrogens (tertiary/aromatic N) is 4. The van der Waals surface area contributed by atoms with Crippen LogP contribution in [0.5, 0.6) is 0 Å². The molecule has 1 fully saturated rings. The Morgan fingerprint density at radius 3 is 2.56 bits per heavy atom. The molecule has 27 heavy (non-hydrogen) atoms. The number of piperazine rings is 1. The van der Waals surface area contributed by atoms with Crippen molar-refractivity contribution >= 4 is 5.96 Å². The summed E-state index contributed by atoms with van der Waals surface area (Å²) in [6.45, 7) is 10.9. The van der Waals surface area contributed by atoms with Crippen LogP contribution in [0, 0.1) is 0 Å². The average molecular weight is 370 g/mol. The lowest BCUT2D eigenvalue weighted by atomic mass is 9.97. The summed E-state index contributed by atoms with van der Waals surface area (Å²) in [5.74, 6) is 1.50.